The molecule has 0 rings (SSSR count). The molecule has 0 heterocycles. The zero-order valence-electron chi connectivity index (χ0n) is 40.8. The number of carbonyl (C=O) groups excluding carboxylic acids is 6. The molecule has 69 heavy (non-hydrogen) atoms. The number of hydrogen-bond donors (Lipinski definition) is 9. The van der Waals surface area contributed by atoms with Crippen LogP contribution in [0, 0.1) is 0 Å². The van der Waals surface area contributed by atoms with E-state index in [1.165, 1.54) is 58.3 Å². The second-order valence-corrected chi connectivity index (χ2v) is 16.4. The average molecular weight is 1030 g/mol. The van der Waals surface area contributed by atoms with Crippen molar-refractivity contribution in [3.8, 4) is 0 Å². The first-order chi connectivity index (χ1) is 32.4. The summed E-state index contributed by atoms with van der Waals surface area (Å²) in [7, 11) is 0. The Kier molecular flexibility index (Phi) is 46.8. The number of ether oxygens (including phenoxy) is 2. The van der Waals surface area contributed by atoms with Gasteiger partial charge in [0.05, 0.1) is 19.8 Å². The van der Waals surface area contributed by atoms with E-state index in [1.807, 2.05) is 0 Å². The number of aliphatic carboxylic acids is 4. The molecule has 0 aromatic heterocycles. The van der Waals surface area contributed by atoms with Crippen molar-refractivity contribution in [2.45, 2.75) is 186 Å². The molecule has 22 nitrogen and oxygen atoms in total. The van der Waals surface area contributed by atoms with Gasteiger partial charge in [-0.05, 0) is 39.0 Å². The van der Waals surface area contributed by atoms with Crippen LogP contribution in [-0.4, -0.2) is 144 Å². The van der Waals surface area contributed by atoms with Gasteiger partial charge in [-0.3, -0.25) is 33.6 Å². The van der Waals surface area contributed by atoms with Crippen LogP contribution in [0.3, 0.4) is 0 Å². The van der Waals surface area contributed by atoms with E-state index < -0.39 is 72.8 Å². The zero-order valence-corrected chi connectivity index (χ0v) is 42.2. The van der Waals surface area contributed by atoms with E-state index >= 15 is 0 Å². The van der Waals surface area contributed by atoms with Crippen LogP contribution in [0.4, 0.5) is 0 Å². The van der Waals surface area contributed by atoms with E-state index in [0.29, 0.717) is 51.6 Å². The van der Waals surface area contributed by atoms with Crippen LogP contribution in [0.1, 0.15) is 169 Å². The van der Waals surface area contributed by atoms with Gasteiger partial charge < -0.3 is 67.0 Å². The number of nitrogens with one attached hydrogen (secondary N) is 6. The zero-order chi connectivity index (χ0) is 51.4. The molecule has 1 radical (unpaired) electrons. The van der Waals surface area contributed by atoms with Gasteiger partial charge in [0.2, 0.25) is 29.5 Å². The summed E-state index contributed by atoms with van der Waals surface area (Å²) in [5.74, 6) is -6.86. The van der Waals surface area contributed by atoms with Crippen molar-refractivity contribution in [1.29, 1.82) is 0 Å². The van der Waals surface area contributed by atoms with Gasteiger partial charge >= 0.3 is 23.9 Å². The number of ketones is 1. The summed E-state index contributed by atoms with van der Waals surface area (Å²) in [6, 6.07) is -3.58. The standard InChI is InChI=1S/C26H44N5O11.C20H37NO5.V.H2/c1-3-21(33)29-12-13-41-14-15-42-16-24(36)31-20(26(39)40)8-10-23(35)30-19(25(37)38)7-9-22(34)28-11-5-4-6-18(27)17(2)32;22-18(21-17-20(25)26)15-13-11-9-7-5-3-1-2-4-6-8-10-12-14-16-19(23)24;;/h18-20,27H,3-16H2,1-2H3,(H,28,34)(H,29,33)(H,30,35)(H,31,36)(H,37,38)(H,39,40);1-17H2,(H,21,22)(H,23,24)(H,25,26);;1H/q-1;;;/t18?,19-,20-;;;/m0.../s1. The summed E-state index contributed by atoms with van der Waals surface area (Å²) in [4.78, 5) is 113. The van der Waals surface area contributed by atoms with Crippen LogP contribution in [0.5, 0.6) is 0 Å². The van der Waals surface area contributed by atoms with Crippen LogP contribution in [0.15, 0.2) is 0 Å². The SMILES string of the molecule is CCC(=O)NCCOCCOCC(=O)N[C@@H](CCC(=O)N[C@@H](CCC(=O)NCCCCC([NH-])C(C)=O)C(=O)O)C(=O)O.O=C(O)CCCCCCCCCCCCCCCCC(=O)NCC(=O)O.[HH].[V]. The van der Waals surface area contributed by atoms with Gasteiger partial charge in [0, 0.05) is 65.2 Å². The molecular weight excluding hydrogens is 943 g/mol. The Morgan fingerprint density at radius 3 is 1.41 bits per heavy atom. The van der Waals surface area contributed by atoms with Crippen LogP contribution < -0.4 is 26.6 Å². The molecule has 0 saturated carbocycles. The fourth-order valence-corrected chi connectivity index (χ4v) is 6.28. The molecule has 1 unspecified atom stereocenters. The minimum Gasteiger partial charge on any atom is -0.668 e. The first kappa shape index (κ1) is 68.6. The van der Waals surface area contributed by atoms with E-state index in [2.05, 4.69) is 26.6 Å². The number of hydrogen-bond acceptors (Lipinski definition) is 12. The van der Waals surface area contributed by atoms with Gasteiger partial charge in [-0.1, -0.05) is 103 Å². The molecule has 0 bridgehead atoms. The number of carboxylic acid groups (broad SMARTS) is 4. The van der Waals surface area contributed by atoms with Crippen molar-refractivity contribution >= 4 is 59.2 Å². The molecule has 0 aliphatic heterocycles. The predicted octanol–water partition coefficient (Wildman–Crippen LogP) is 4.30. The van der Waals surface area contributed by atoms with Gasteiger partial charge in [0.25, 0.3) is 0 Å². The van der Waals surface area contributed by atoms with Gasteiger partial charge in [-0.25, -0.2) is 9.59 Å². The smallest absolute Gasteiger partial charge is 0.326 e. The second kappa shape index (κ2) is 47.1. The van der Waals surface area contributed by atoms with Gasteiger partial charge in [-0.2, -0.15) is 0 Å². The number of carboxylic acids is 4. The van der Waals surface area contributed by atoms with Crippen molar-refractivity contribution in [1.82, 2.24) is 26.6 Å². The van der Waals surface area contributed by atoms with Crippen molar-refractivity contribution in [2.75, 3.05) is 46.1 Å². The maximum absolute atomic E-state index is 12.3. The van der Waals surface area contributed by atoms with E-state index in [0.717, 1.165) is 38.5 Å². The fraction of sp³-hybridized carbons (Fsp3) is 0.783. The van der Waals surface area contributed by atoms with Crippen molar-refractivity contribution in [3.05, 3.63) is 5.73 Å². The van der Waals surface area contributed by atoms with Crippen LogP contribution in [0.25, 0.3) is 5.73 Å². The number of unbranched alkanes of at least 4 members (excludes halogenated alkanes) is 14. The summed E-state index contributed by atoms with van der Waals surface area (Å²) in [6.45, 7) is 3.44. The molecule has 23 heteroatoms. The Hall–Kier alpha value is -4.64. The predicted molar refractivity (Wildman–Crippen MR) is 252 cm³/mol. The number of carbonyl (C=O) groups is 10. The Balaban J connectivity index is -0.000000671. The third-order valence-corrected chi connectivity index (χ3v) is 10.3. The Labute approximate surface area is 420 Å². The largest absolute Gasteiger partial charge is 0.668 e. The van der Waals surface area contributed by atoms with E-state index in [1.54, 1.807) is 6.92 Å². The minimum atomic E-state index is -1.42. The van der Waals surface area contributed by atoms with Crippen molar-refractivity contribution in [2.24, 2.45) is 0 Å². The number of amides is 5. The summed E-state index contributed by atoms with van der Waals surface area (Å²) in [6.07, 6.45) is 17.6. The van der Waals surface area contributed by atoms with E-state index in [4.69, 9.17) is 25.4 Å². The number of Topliss-reactive ketones (excluding diaryl/α,β-unsaturated/α-hetero) is 1. The third kappa shape index (κ3) is 48.2. The quantitative estimate of drug-likeness (QED) is 0.0384. The topological polar surface area (TPSA) is 354 Å². The molecule has 5 amide bonds. The average Bonchev–Trinajstić information content (AvgIpc) is 3.28. The molecule has 0 aliphatic carbocycles. The van der Waals surface area contributed by atoms with Crippen molar-refractivity contribution in [3.63, 3.8) is 0 Å². The Morgan fingerprint density at radius 2 is 0.928 bits per heavy atom. The molecule has 0 aromatic carbocycles. The molecule has 399 valence electrons. The second-order valence-electron chi connectivity index (χ2n) is 16.4. The molecule has 3 atom stereocenters. The van der Waals surface area contributed by atoms with Gasteiger partial charge in [0.15, 0.2) is 0 Å². The van der Waals surface area contributed by atoms with Crippen LogP contribution in [0.2, 0.25) is 0 Å². The van der Waals surface area contributed by atoms with Gasteiger partial charge in [0.1, 0.15) is 31.0 Å². The molecule has 0 aliphatic rings. The van der Waals surface area contributed by atoms with Crippen LogP contribution >= 0.6 is 0 Å². The first-order valence-corrected chi connectivity index (χ1v) is 24.0. The monoisotopic (exact) mass is 1030 g/mol. The number of rotatable bonds is 44. The third-order valence-electron chi connectivity index (χ3n) is 10.3. The molecule has 0 spiro atoms. The van der Waals surface area contributed by atoms with Crippen LogP contribution in [-0.2, 0) is 76.0 Å². The summed E-state index contributed by atoms with van der Waals surface area (Å²) < 4.78 is 10.3. The first-order valence-electron chi connectivity index (χ1n) is 24.0. The molecule has 10 N–H and O–H groups in total. The summed E-state index contributed by atoms with van der Waals surface area (Å²) in [5, 5.41) is 47.8. The van der Waals surface area contributed by atoms with E-state index in [9.17, 15) is 58.2 Å². The molecule has 0 saturated heterocycles. The minimum absolute atomic E-state index is 0. The maximum Gasteiger partial charge on any atom is 0.326 e. The molecule has 0 aromatic rings. The van der Waals surface area contributed by atoms with E-state index in [-0.39, 0.29) is 83.2 Å². The van der Waals surface area contributed by atoms with Gasteiger partial charge in [-0.15, -0.1) is 0 Å². The van der Waals surface area contributed by atoms with Crippen molar-refractivity contribution < 1.29 is 97.8 Å². The molecule has 0 fully saturated rings. The Bertz CT molecular complexity index is 1500. The maximum atomic E-state index is 12.3. The fourth-order valence-electron chi connectivity index (χ4n) is 6.28. The molecular formula is C46H83N6O16V-. The summed E-state index contributed by atoms with van der Waals surface area (Å²) in [5.41, 5.74) is 7.53. The summed E-state index contributed by atoms with van der Waals surface area (Å²) >= 11 is 0. The Morgan fingerprint density at radius 1 is 0.478 bits per heavy atom. The normalized spacial score (nSPS) is 11.8.